The molecule has 0 saturated heterocycles. The number of ether oxygens (including phenoxy) is 3. The van der Waals surface area contributed by atoms with Crippen molar-refractivity contribution in [3.05, 3.63) is 22.8 Å². The Balaban J connectivity index is 3.61. The van der Waals surface area contributed by atoms with E-state index in [-0.39, 0.29) is 16.9 Å². The predicted octanol–water partition coefficient (Wildman–Crippen LogP) is 1.61. The molecule has 92 valence electrons. The maximum absolute atomic E-state index is 11.7. The standard InChI is InChI=1S/C12H14O5/c1-7-9(15-2)5-10(16-3)8(6-13)11(7)12(14)17-4/h5-6H,1-4H3. The number of methoxy groups -OCH3 is 3. The molecule has 0 aromatic heterocycles. The fraction of sp³-hybridized carbons (Fsp3) is 0.333. The molecule has 0 N–H and O–H groups in total. The van der Waals surface area contributed by atoms with E-state index in [9.17, 15) is 9.59 Å². The molecule has 5 heteroatoms. The normalized spacial score (nSPS) is 9.65. The molecule has 0 bridgehead atoms. The highest BCUT2D eigenvalue weighted by atomic mass is 16.5. The second-order valence-corrected chi connectivity index (χ2v) is 3.30. The monoisotopic (exact) mass is 238 g/mol. The number of esters is 1. The molecule has 1 rings (SSSR count). The van der Waals surface area contributed by atoms with E-state index in [4.69, 9.17) is 9.47 Å². The fourth-order valence-electron chi connectivity index (χ4n) is 1.62. The Kier molecular flexibility index (Phi) is 4.09. The topological polar surface area (TPSA) is 61.8 Å². The SMILES string of the molecule is COC(=O)c1c(C)c(OC)cc(OC)c1C=O. The van der Waals surface area contributed by atoms with Gasteiger partial charge < -0.3 is 14.2 Å². The summed E-state index contributed by atoms with van der Waals surface area (Å²) in [7, 11) is 4.14. The van der Waals surface area contributed by atoms with Crippen molar-refractivity contribution in [2.24, 2.45) is 0 Å². The van der Waals surface area contributed by atoms with Gasteiger partial charge in [-0.3, -0.25) is 4.79 Å². The van der Waals surface area contributed by atoms with Crippen molar-refractivity contribution in [2.75, 3.05) is 21.3 Å². The zero-order chi connectivity index (χ0) is 13.0. The number of benzene rings is 1. The van der Waals surface area contributed by atoms with Crippen LogP contribution in [0.2, 0.25) is 0 Å². The quantitative estimate of drug-likeness (QED) is 0.589. The van der Waals surface area contributed by atoms with Crippen molar-refractivity contribution < 1.29 is 23.8 Å². The van der Waals surface area contributed by atoms with Crippen molar-refractivity contribution in [3.63, 3.8) is 0 Å². The highest BCUT2D eigenvalue weighted by molar-refractivity contribution is 6.02. The van der Waals surface area contributed by atoms with E-state index in [1.165, 1.54) is 21.3 Å². The lowest BCUT2D eigenvalue weighted by Crippen LogP contribution is -2.10. The molecule has 0 spiro atoms. The zero-order valence-corrected chi connectivity index (χ0v) is 10.2. The number of hydrogen-bond donors (Lipinski definition) is 0. The molecule has 5 nitrogen and oxygen atoms in total. The van der Waals surface area contributed by atoms with Gasteiger partial charge in [-0.05, 0) is 6.92 Å². The van der Waals surface area contributed by atoms with E-state index in [0.29, 0.717) is 17.6 Å². The molecule has 0 aliphatic carbocycles. The van der Waals surface area contributed by atoms with Crippen LogP contribution in [-0.4, -0.2) is 33.6 Å². The Morgan fingerprint density at radius 2 is 1.76 bits per heavy atom. The van der Waals surface area contributed by atoms with Gasteiger partial charge in [-0.15, -0.1) is 0 Å². The van der Waals surface area contributed by atoms with Crippen LogP contribution in [-0.2, 0) is 4.74 Å². The van der Waals surface area contributed by atoms with Gasteiger partial charge in [0.05, 0.1) is 32.5 Å². The molecule has 0 heterocycles. The lowest BCUT2D eigenvalue weighted by molar-refractivity contribution is 0.0596. The van der Waals surface area contributed by atoms with Crippen molar-refractivity contribution in [2.45, 2.75) is 6.92 Å². The van der Waals surface area contributed by atoms with E-state index in [0.717, 1.165) is 0 Å². The molecule has 0 aliphatic rings. The summed E-state index contributed by atoms with van der Waals surface area (Å²) in [4.78, 5) is 22.7. The Labute approximate surface area is 99.3 Å². The molecule has 0 amide bonds. The van der Waals surface area contributed by atoms with Crippen LogP contribution in [0.5, 0.6) is 11.5 Å². The second kappa shape index (κ2) is 5.34. The summed E-state index contributed by atoms with van der Waals surface area (Å²) < 4.78 is 14.8. The number of rotatable bonds is 4. The maximum atomic E-state index is 11.7. The van der Waals surface area contributed by atoms with Gasteiger partial charge in [0.25, 0.3) is 0 Å². The fourth-order valence-corrected chi connectivity index (χ4v) is 1.62. The first kappa shape index (κ1) is 13.0. The molecule has 0 radical (unpaired) electrons. The van der Waals surface area contributed by atoms with E-state index >= 15 is 0 Å². The van der Waals surface area contributed by atoms with Crippen LogP contribution in [0.15, 0.2) is 6.07 Å². The molecule has 0 fully saturated rings. The third-order valence-corrected chi connectivity index (χ3v) is 2.49. The van der Waals surface area contributed by atoms with Crippen molar-refractivity contribution in [3.8, 4) is 11.5 Å². The molecule has 0 atom stereocenters. The molecular formula is C12H14O5. The summed E-state index contributed by atoms with van der Waals surface area (Å²) in [6, 6.07) is 1.56. The van der Waals surface area contributed by atoms with Crippen molar-refractivity contribution >= 4 is 12.3 Å². The third kappa shape index (κ3) is 2.22. The van der Waals surface area contributed by atoms with Crippen LogP contribution in [0.3, 0.4) is 0 Å². The van der Waals surface area contributed by atoms with Gasteiger partial charge in [0.1, 0.15) is 11.5 Å². The van der Waals surface area contributed by atoms with Crippen LogP contribution in [0.4, 0.5) is 0 Å². The van der Waals surface area contributed by atoms with Crippen LogP contribution in [0, 0.1) is 6.92 Å². The smallest absolute Gasteiger partial charge is 0.339 e. The van der Waals surface area contributed by atoms with E-state index in [1.54, 1.807) is 13.0 Å². The van der Waals surface area contributed by atoms with Crippen molar-refractivity contribution in [1.82, 2.24) is 0 Å². The van der Waals surface area contributed by atoms with Gasteiger partial charge >= 0.3 is 5.97 Å². The van der Waals surface area contributed by atoms with E-state index in [1.807, 2.05) is 0 Å². The molecular weight excluding hydrogens is 224 g/mol. The van der Waals surface area contributed by atoms with Crippen molar-refractivity contribution in [1.29, 1.82) is 0 Å². The van der Waals surface area contributed by atoms with Crippen LogP contribution < -0.4 is 9.47 Å². The molecule has 0 aliphatic heterocycles. The number of carbonyl (C=O) groups is 2. The highest BCUT2D eigenvalue weighted by Gasteiger charge is 2.22. The Morgan fingerprint density at radius 1 is 1.18 bits per heavy atom. The van der Waals surface area contributed by atoms with Gasteiger partial charge in [-0.2, -0.15) is 0 Å². The molecule has 1 aromatic rings. The van der Waals surface area contributed by atoms with Crippen LogP contribution in [0.1, 0.15) is 26.3 Å². The maximum Gasteiger partial charge on any atom is 0.339 e. The largest absolute Gasteiger partial charge is 0.496 e. The number of carbonyl (C=O) groups excluding carboxylic acids is 2. The predicted molar refractivity (Wildman–Crippen MR) is 61.0 cm³/mol. The third-order valence-electron chi connectivity index (χ3n) is 2.49. The van der Waals surface area contributed by atoms with Gasteiger partial charge in [-0.1, -0.05) is 0 Å². The van der Waals surface area contributed by atoms with Crippen LogP contribution >= 0.6 is 0 Å². The van der Waals surface area contributed by atoms with Gasteiger partial charge in [0.15, 0.2) is 6.29 Å². The first-order valence-corrected chi connectivity index (χ1v) is 4.89. The van der Waals surface area contributed by atoms with E-state index < -0.39 is 5.97 Å². The molecule has 0 saturated carbocycles. The number of aldehydes is 1. The van der Waals surface area contributed by atoms with Crippen LogP contribution in [0.25, 0.3) is 0 Å². The first-order chi connectivity index (χ1) is 8.10. The molecule has 1 aromatic carbocycles. The van der Waals surface area contributed by atoms with Gasteiger partial charge in [-0.25, -0.2) is 4.79 Å². The lowest BCUT2D eigenvalue weighted by atomic mass is 10.0. The summed E-state index contributed by atoms with van der Waals surface area (Å²) in [5.41, 5.74) is 0.874. The highest BCUT2D eigenvalue weighted by Crippen LogP contribution is 2.32. The number of hydrogen-bond acceptors (Lipinski definition) is 5. The minimum absolute atomic E-state index is 0.164. The zero-order valence-electron chi connectivity index (χ0n) is 10.2. The first-order valence-electron chi connectivity index (χ1n) is 4.89. The van der Waals surface area contributed by atoms with E-state index in [2.05, 4.69) is 4.74 Å². The Bertz CT molecular complexity index is 451. The minimum atomic E-state index is -0.596. The molecule has 17 heavy (non-hydrogen) atoms. The minimum Gasteiger partial charge on any atom is -0.496 e. The average molecular weight is 238 g/mol. The summed E-state index contributed by atoms with van der Waals surface area (Å²) in [5, 5.41) is 0. The Hall–Kier alpha value is -2.04. The summed E-state index contributed by atoms with van der Waals surface area (Å²) in [6.45, 7) is 1.68. The average Bonchev–Trinajstić information content (AvgIpc) is 2.36. The lowest BCUT2D eigenvalue weighted by Gasteiger charge is -2.14. The summed E-state index contributed by atoms with van der Waals surface area (Å²) in [5.74, 6) is 0.150. The summed E-state index contributed by atoms with van der Waals surface area (Å²) >= 11 is 0. The molecule has 0 unspecified atom stereocenters. The van der Waals surface area contributed by atoms with Gasteiger partial charge in [0, 0.05) is 11.6 Å². The van der Waals surface area contributed by atoms with Gasteiger partial charge in [0.2, 0.25) is 0 Å². The Morgan fingerprint density at radius 3 is 2.18 bits per heavy atom. The second-order valence-electron chi connectivity index (χ2n) is 3.30. The summed E-state index contributed by atoms with van der Waals surface area (Å²) in [6.07, 6.45) is 0.567.